The first-order valence-corrected chi connectivity index (χ1v) is 5.52. The lowest BCUT2D eigenvalue weighted by atomic mass is 10.0. The number of nitrogens with one attached hydrogen (secondary N) is 3. The van der Waals surface area contributed by atoms with Crippen molar-refractivity contribution in [3.8, 4) is 0 Å². The molecule has 1 heterocycles. The molecule has 0 radical (unpaired) electrons. The summed E-state index contributed by atoms with van der Waals surface area (Å²) in [5.74, 6) is -0.442. The molecule has 1 unspecified atom stereocenters. The van der Waals surface area contributed by atoms with Crippen LogP contribution in [0.2, 0.25) is 0 Å². The lowest BCUT2D eigenvalue weighted by Gasteiger charge is -2.23. The van der Waals surface area contributed by atoms with E-state index in [2.05, 4.69) is 16.0 Å². The van der Waals surface area contributed by atoms with Gasteiger partial charge in [-0.15, -0.1) is 0 Å². The third kappa shape index (κ3) is 2.85. The van der Waals surface area contributed by atoms with Gasteiger partial charge in [-0.2, -0.15) is 0 Å². The van der Waals surface area contributed by atoms with Crippen LogP contribution in [0.15, 0.2) is 24.3 Å². The second-order valence-corrected chi connectivity index (χ2v) is 4.08. The third-order valence-electron chi connectivity index (χ3n) is 2.58. The lowest BCUT2D eigenvalue weighted by Crippen LogP contribution is -2.48. The van der Waals surface area contributed by atoms with E-state index in [0.29, 0.717) is 5.69 Å². The Morgan fingerprint density at radius 3 is 2.50 bits per heavy atom. The minimum atomic E-state index is -0.484. The zero-order valence-electron chi connectivity index (χ0n) is 9.82. The summed E-state index contributed by atoms with van der Waals surface area (Å²) >= 11 is 0. The number of anilines is 1. The van der Waals surface area contributed by atoms with E-state index in [9.17, 15) is 14.4 Å². The fraction of sp³-hybridized carbons (Fsp3) is 0.250. The van der Waals surface area contributed by atoms with Crippen LogP contribution in [0.1, 0.15) is 24.9 Å². The molecule has 6 nitrogen and oxygen atoms in total. The first kappa shape index (κ1) is 12.1. The number of carbonyl (C=O) groups excluding carboxylic acids is 3. The topological polar surface area (TPSA) is 87.3 Å². The number of carbonyl (C=O) groups is 3. The van der Waals surface area contributed by atoms with Gasteiger partial charge >= 0.3 is 6.03 Å². The SMILES string of the molecule is CC(=O)Nc1ccc(C2CC(=O)NC(=O)N2)cc1. The van der Waals surface area contributed by atoms with Crippen molar-refractivity contribution in [3.05, 3.63) is 29.8 Å². The molecule has 6 heteroatoms. The minimum absolute atomic E-state index is 0.145. The minimum Gasteiger partial charge on any atom is -0.330 e. The highest BCUT2D eigenvalue weighted by Gasteiger charge is 2.24. The van der Waals surface area contributed by atoms with E-state index in [-0.39, 0.29) is 24.3 Å². The molecule has 0 saturated carbocycles. The van der Waals surface area contributed by atoms with Crippen LogP contribution in [0.5, 0.6) is 0 Å². The maximum atomic E-state index is 11.2. The molecule has 1 aromatic carbocycles. The highest BCUT2D eigenvalue weighted by Crippen LogP contribution is 2.20. The Hall–Kier alpha value is -2.37. The van der Waals surface area contributed by atoms with Gasteiger partial charge in [-0.05, 0) is 17.7 Å². The van der Waals surface area contributed by atoms with Gasteiger partial charge in [0.05, 0.1) is 12.5 Å². The number of hydrogen-bond donors (Lipinski definition) is 3. The maximum Gasteiger partial charge on any atom is 0.321 e. The van der Waals surface area contributed by atoms with Crippen molar-refractivity contribution in [2.24, 2.45) is 0 Å². The van der Waals surface area contributed by atoms with Gasteiger partial charge in [0.1, 0.15) is 0 Å². The molecule has 0 aliphatic carbocycles. The first-order valence-electron chi connectivity index (χ1n) is 5.52. The number of amides is 4. The monoisotopic (exact) mass is 247 g/mol. The molecule has 18 heavy (non-hydrogen) atoms. The average Bonchev–Trinajstić information content (AvgIpc) is 2.27. The summed E-state index contributed by atoms with van der Waals surface area (Å²) in [6.07, 6.45) is 0.214. The molecule has 3 N–H and O–H groups in total. The van der Waals surface area contributed by atoms with Gasteiger partial charge < -0.3 is 10.6 Å². The van der Waals surface area contributed by atoms with Gasteiger partial charge in [-0.25, -0.2) is 4.79 Å². The fourth-order valence-electron chi connectivity index (χ4n) is 1.81. The van der Waals surface area contributed by atoms with Gasteiger partial charge in [-0.3, -0.25) is 14.9 Å². The molecule has 0 aromatic heterocycles. The number of benzene rings is 1. The predicted octanol–water partition coefficient (Wildman–Crippen LogP) is 0.916. The summed E-state index contributed by atoms with van der Waals surface area (Å²) in [5, 5.41) is 7.48. The van der Waals surface area contributed by atoms with Gasteiger partial charge in [0.25, 0.3) is 0 Å². The van der Waals surface area contributed by atoms with Crippen LogP contribution in [-0.2, 0) is 9.59 Å². The van der Waals surface area contributed by atoms with Crippen molar-refractivity contribution in [2.75, 3.05) is 5.32 Å². The van der Waals surface area contributed by atoms with Crippen LogP contribution in [0, 0.1) is 0 Å². The van der Waals surface area contributed by atoms with Gasteiger partial charge in [0, 0.05) is 12.6 Å². The van der Waals surface area contributed by atoms with Crippen LogP contribution in [0.25, 0.3) is 0 Å². The number of imide groups is 1. The maximum absolute atomic E-state index is 11.2. The third-order valence-corrected chi connectivity index (χ3v) is 2.58. The van der Waals surface area contributed by atoms with Crippen LogP contribution >= 0.6 is 0 Å². The Balaban J connectivity index is 2.11. The summed E-state index contributed by atoms with van der Waals surface area (Å²) in [7, 11) is 0. The van der Waals surface area contributed by atoms with Crippen LogP contribution in [0.3, 0.4) is 0 Å². The van der Waals surface area contributed by atoms with E-state index in [0.717, 1.165) is 5.56 Å². The highest BCUT2D eigenvalue weighted by atomic mass is 16.2. The Morgan fingerprint density at radius 1 is 1.28 bits per heavy atom. The number of hydrogen-bond acceptors (Lipinski definition) is 3. The van der Waals surface area contributed by atoms with Crippen molar-refractivity contribution >= 4 is 23.5 Å². The second-order valence-electron chi connectivity index (χ2n) is 4.08. The quantitative estimate of drug-likeness (QED) is 0.726. The smallest absolute Gasteiger partial charge is 0.321 e. The van der Waals surface area contributed by atoms with E-state index in [1.165, 1.54) is 6.92 Å². The van der Waals surface area contributed by atoms with E-state index in [1.807, 2.05) is 0 Å². The molecule has 94 valence electrons. The molecule has 1 aliphatic rings. The second kappa shape index (κ2) is 4.87. The molecule has 1 atom stereocenters. The lowest BCUT2D eigenvalue weighted by molar-refractivity contribution is -0.121. The van der Waals surface area contributed by atoms with E-state index < -0.39 is 6.03 Å². The molecule has 2 rings (SSSR count). The van der Waals surface area contributed by atoms with Crippen LogP contribution in [0.4, 0.5) is 10.5 Å². The van der Waals surface area contributed by atoms with Crippen molar-refractivity contribution < 1.29 is 14.4 Å². The standard InChI is InChI=1S/C12H13N3O3/c1-7(16)13-9-4-2-8(3-5-9)10-6-11(17)15-12(18)14-10/h2-5,10H,6H2,1H3,(H,13,16)(H2,14,15,17,18). The van der Waals surface area contributed by atoms with Crippen molar-refractivity contribution in [1.82, 2.24) is 10.6 Å². The summed E-state index contributed by atoms with van der Waals surface area (Å²) in [6.45, 7) is 1.43. The molecular formula is C12H13N3O3. The summed E-state index contributed by atoms with van der Waals surface area (Å²) < 4.78 is 0. The van der Waals surface area contributed by atoms with Gasteiger partial charge in [0.15, 0.2) is 0 Å². The zero-order chi connectivity index (χ0) is 13.1. The molecule has 1 fully saturated rings. The number of rotatable bonds is 2. The number of urea groups is 1. The van der Waals surface area contributed by atoms with Crippen LogP contribution in [-0.4, -0.2) is 17.8 Å². The summed E-state index contributed by atoms with van der Waals surface area (Å²) in [5.41, 5.74) is 1.50. The van der Waals surface area contributed by atoms with Crippen molar-refractivity contribution in [1.29, 1.82) is 0 Å². The molecule has 1 saturated heterocycles. The van der Waals surface area contributed by atoms with Gasteiger partial charge in [-0.1, -0.05) is 12.1 Å². The summed E-state index contributed by atoms with van der Waals surface area (Å²) in [4.78, 5) is 33.3. The Kier molecular flexibility index (Phi) is 3.27. The van der Waals surface area contributed by atoms with Crippen molar-refractivity contribution in [3.63, 3.8) is 0 Å². The van der Waals surface area contributed by atoms with Crippen molar-refractivity contribution in [2.45, 2.75) is 19.4 Å². The van der Waals surface area contributed by atoms with E-state index >= 15 is 0 Å². The zero-order valence-corrected chi connectivity index (χ0v) is 9.82. The first-order chi connectivity index (χ1) is 8.54. The average molecular weight is 247 g/mol. The Morgan fingerprint density at radius 2 is 1.94 bits per heavy atom. The van der Waals surface area contributed by atoms with Crippen LogP contribution < -0.4 is 16.0 Å². The molecule has 1 aromatic rings. The molecular weight excluding hydrogens is 234 g/mol. The predicted molar refractivity (Wildman–Crippen MR) is 64.8 cm³/mol. The van der Waals surface area contributed by atoms with E-state index in [1.54, 1.807) is 24.3 Å². The molecule has 1 aliphatic heterocycles. The summed E-state index contributed by atoms with van der Waals surface area (Å²) in [6, 6.07) is 6.20. The highest BCUT2D eigenvalue weighted by molar-refractivity contribution is 5.97. The largest absolute Gasteiger partial charge is 0.330 e. The normalized spacial score (nSPS) is 18.8. The molecule has 0 spiro atoms. The molecule has 4 amide bonds. The molecule has 0 bridgehead atoms. The van der Waals surface area contributed by atoms with E-state index in [4.69, 9.17) is 0 Å². The van der Waals surface area contributed by atoms with Gasteiger partial charge in [0.2, 0.25) is 11.8 Å². The fourth-order valence-corrected chi connectivity index (χ4v) is 1.81. The Labute approximate surface area is 104 Å². The Bertz CT molecular complexity index is 480.